The van der Waals surface area contributed by atoms with Crippen molar-refractivity contribution in [2.45, 2.75) is 13.0 Å². The molecule has 0 saturated carbocycles. The monoisotopic (exact) mass is 149 g/mol. The predicted octanol–water partition coefficient (Wildman–Crippen LogP) is -1.25. The molecule has 0 unspecified atom stereocenters. The Morgan fingerprint density at radius 1 is 1.80 bits per heavy atom. The van der Waals surface area contributed by atoms with Gasteiger partial charge in [0.1, 0.15) is 6.04 Å². The van der Waals surface area contributed by atoms with Crippen LogP contribution in [0.3, 0.4) is 0 Å². The van der Waals surface area contributed by atoms with Gasteiger partial charge in [-0.05, 0) is 6.92 Å². The van der Waals surface area contributed by atoms with Crippen molar-refractivity contribution >= 4 is 5.97 Å². The summed E-state index contributed by atoms with van der Waals surface area (Å²) in [6.45, 7) is 1.62. The zero-order valence-corrected chi connectivity index (χ0v) is 5.74. The molecule has 0 saturated heterocycles. The van der Waals surface area contributed by atoms with E-state index < -0.39 is 12.0 Å². The summed E-state index contributed by atoms with van der Waals surface area (Å²) in [5.74, 6) is -0.556. The van der Waals surface area contributed by atoms with E-state index >= 15 is 0 Å². The van der Waals surface area contributed by atoms with Crippen molar-refractivity contribution in [2.24, 2.45) is 5.73 Å². The topological polar surface area (TPSA) is 101 Å². The summed E-state index contributed by atoms with van der Waals surface area (Å²) in [7, 11) is 0. The molecule has 0 aliphatic carbocycles. The summed E-state index contributed by atoms with van der Waals surface area (Å²) in [5, 5.41) is 8.31. The van der Waals surface area contributed by atoms with Crippen molar-refractivity contribution in [3.8, 4) is 0 Å². The number of hydrogen-bond acceptors (Lipinski definition) is 4. The Bertz CT molecular complexity index is 95.6. The van der Waals surface area contributed by atoms with E-state index in [0.717, 1.165) is 0 Å². The van der Waals surface area contributed by atoms with Crippen molar-refractivity contribution < 1.29 is 20.1 Å². The zero-order chi connectivity index (χ0) is 7.28. The second kappa shape index (κ2) is 6.47. The third-order valence-corrected chi connectivity index (χ3v) is 0.786. The van der Waals surface area contributed by atoms with E-state index in [1.807, 2.05) is 0 Å². The third kappa shape index (κ3) is 4.25. The molecule has 0 aromatic carbocycles. The van der Waals surface area contributed by atoms with E-state index in [1.54, 1.807) is 6.92 Å². The molecular weight excluding hydrogens is 138 g/mol. The normalized spacial score (nSPS) is 11.5. The van der Waals surface area contributed by atoms with Gasteiger partial charge in [-0.15, -0.1) is 0 Å². The van der Waals surface area contributed by atoms with Crippen molar-refractivity contribution in [3.63, 3.8) is 0 Å². The summed E-state index contributed by atoms with van der Waals surface area (Å²) in [5.41, 5.74) is 5.08. The van der Waals surface area contributed by atoms with Crippen molar-refractivity contribution in [1.82, 2.24) is 0 Å². The van der Waals surface area contributed by atoms with Crippen LogP contribution >= 0.6 is 0 Å². The lowest BCUT2D eigenvalue weighted by molar-refractivity contribution is -0.145. The first-order chi connectivity index (χ1) is 4.22. The number of nitrogens with two attached hydrogens (primary N) is 1. The van der Waals surface area contributed by atoms with E-state index in [1.165, 1.54) is 0 Å². The molecule has 3 N–H and O–H groups in total. The van der Waals surface area contributed by atoms with E-state index in [4.69, 9.17) is 10.8 Å². The lowest BCUT2D eigenvalue weighted by Gasteiger charge is -2.05. The highest BCUT2D eigenvalue weighted by Crippen LogP contribution is 1.82. The zero-order valence-electron chi connectivity index (χ0n) is 5.74. The van der Waals surface area contributed by atoms with Crippen LogP contribution in [-0.4, -0.2) is 30.3 Å². The maximum absolute atomic E-state index is 10.5. The Hall–Kier alpha value is -0.650. The molecule has 2 radical (unpaired) electrons. The molecule has 5 heteroatoms. The first-order valence-corrected chi connectivity index (χ1v) is 2.75. The van der Waals surface area contributed by atoms with Crippen LogP contribution < -0.4 is 5.73 Å². The maximum Gasteiger partial charge on any atom is 0.325 e. The van der Waals surface area contributed by atoms with E-state index in [2.05, 4.69) is 4.74 Å². The van der Waals surface area contributed by atoms with Gasteiger partial charge in [-0.3, -0.25) is 4.79 Å². The highest BCUT2D eigenvalue weighted by Gasteiger charge is 2.11. The van der Waals surface area contributed by atoms with Gasteiger partial charge < -0.3 is 15.6 Å². The number of carbonyl (C=O) groups is 1. The van der Waals surface area contributed by atoms with Gasteiger partial charge in [0, 0.05) is 5.48 Å². The Balaban J connectivity index is 0. The van der Waals surface area contributed by atoms with Gasteiger partial charge in [0.05, 0.1) is 13.2 Å². The van der Waals surface area contributed by atoms with Crippen LogP contribution in [0.15, 0.2) is 0 Å². The molecule has 5 nitrogen and oxygen atoms in total. The Morgan fingerprint density at radius 2 is 2.30 bits per heavy atom. The average Bonchev–Trinajstić information content (AvgIpc) is 1.87. The minimum Gasteiger partial charge on any atom is -0.465 e. The van der Waals surface area contributed by atoms with Gasteiger partial charge in [-0.25, -0.2) is 0 Å². The SMILES string of the molecule is CCOC(=O)[C@@H](N)CO.[O]. The van der Waals surface area contributed by atoms with Crippen LogP contribution in [0.25, 0.3) is 0 Å². The van der Waals surface area contributed by atoms with E-state index in [-0.39, 0.29) is 12.1 Å². The van der Waals surface area contributed by atoms with Crippen molar-refractivity contribution in [2.75, 3.05) is 13.2 Å². The van der Waals surface area contributed by atoms with Gasteiger partial charge in [-0.1, -0.05) is 0 Å². The molecule has 60 valence electrons. The highest BCUT2D eigenvalue weighted by atomic mass is 16.5. The molecule has 0 bridgehead atoms. The van der Waals surface area contributed by atoms with Crippen LogP contribution in [0.2, 0.25) is 0 Å². The summed E-state index contributed by atoms with van der Waals surface area (Å²) in [6, 6.07) is -0.884. The van der Waals surface area contributed by atoms with E-state index in [9.17, 15) is 4.79 Å². The maximum atomic E-state index is 10.5. The number of carbonyl (C=O) groups excluding carboxylic acids is 1. The molecule has 10 heavy (non-hydrogen) atoms. The molecule has 0 amide bonds. The molecule has 0 aliphatic rings. The van der Waals surface area contributed by atoms with E-state index in [0.29, 0.717) is 6.61 Å². The van der Waals surface area contributed by atoms with Gasteiger partial charge in [-0.2, -0.15) is 0 Å². The summed E-state index contributed by atoms with van der Waals surface area (Å²) in [6.07, 6.45) is 0. The van der Waals surface area contributed by atoms with Gasteiger partial charge in [0.25, 0.3) is 0 Å². The molecule has 0 aliphatic heterocycles. The number of aliphatic hydroxyl groups excluding tert-OH is 1. The quantitative estimate of drug-likeness (QED) is 0.489. The molecule has 0 aromatic heterocycles. The molecule has 0 spiro atoms. The smallest absolute Gasteiger partial charge is 0.325 e. The third-order valence-electron chi connectivity index (χ3n) is 0.786. The van der Waals surface area contributed by atoms with Gasteiger partial charge in [0.15, 0.2) is 0 Å². The summed E-state index contributed by atoms with van der Waals surface area (Å²) >= 11 is 0. The molecule has 0 fully saturated rings. The lowest BCUT2D eigenvalue weighted by atomic mass is 10.3. The fraction of sp³-hybridized carbons (Fsp3) is 0.800. The molecule has 0 heterocycles. The van der Waals surface area contributed by atoms with Crippen molar-refractivity contribution in [1.29, 1.82) is 0 Å². The largest absolute Gasteiger partial charge is 0.465 e. The number of hydrogen-bond donors (Lipinski definition) is 2. The fourth-order valence-electron chi connectivity index (χ4n) is 0.324. The lowest BCUT2D eigenvalue weighted by Crippen LogP contribution is -2.35. The predicted molar refractivity (Wildman–Crippen MR) is 32.4 cm³/mol. The minimum absolute atomic E-state index is 0. The first-order valence-electron chi connectivity index (χ1n) is 2.75. The summed E-state index contributed by atoms with van der Waals surface area (Å²) < 4.78 is 4.47. The molecular formula is C5H11NO4. The number of rotatable bonds is 3. The molecule has 0 rings (SSSR count). The van der Waals surface area contributed by atoms with Crippen molar-refractivity contribution in [3.05, 3.63) is 0 Å². The highest BCUT2D eigenvalue weighted by molar-refractivity contribution is 5.75. The standard InChI is InChI=1S/C5H11NO3.O/c1-2-9-5(8)4(6)3-7;/h4,7H,2-3,6H2,1H3;/t4-;/m0./s1. The number of aliphatic hydroxyl groups is 1. The van der Waals surface area contributed by atoms with Crippen LogP contribution in [0.1, 0.15) is 6.92 Å². The molecule has 0 aromatic rings. The first kappa shape index (κ1) is 12.1. The minimum atomic E-state index is -0.884. The van der Waals surface area contributed by atoms with Gasteiger partial charge >= 0.3 is 5.97 Å². The second-order valence-corrected chi connectivity index (χ2v) is 1.54. The van der Waals surface area contributed by atoms with Gasteiger partial charge in [0.2, 0.25) is 0 Å². The Morgan fingerprint density at radius 3 is 2.60 bits per heavy atom. The Labute approximate surface area is 59.1 Å². The number of esters is 1. The van der Waals surface area contributed by atoms with Crippen LogP contribution in [-0.2, 0) is 15.0 Å². The molecule has 1 atom stereocenters. The van der Waals surface area contributed by atoms with Crippen LogP contribution in [0, 0.1) is 0 Å². The summed E-state index contributed by atoms with van der Waals surface area (Å²) in [4.78, 5) is 10.5. The fourth-order valence-corrected chi connectivity index (χ4v) is 0.324. The Kier molecular flexibility index (Phi) is 7.81. The number of ether oxygens (including phenoxy) is 1. The second-order valence-electron chi connectivity index (χ2n) is 1.54. The average molecular weight is 149 g/mol. The van der Waals surface area contributed by atoms with Crippen LogP contribution in [0.5, 0.6) is 0 Å². The van der Waals surface area contributed by atoms with Crippen LogP contribution in [0.4, 0.5) is 0 Å².